The minimum atomic E-state index is -1.05. The van der Waals surface area contributed by atoms with Gasteiger partial charge in [-0.15, -0.1) is 0 Å². The average Bonchev–Trinajstić information content (AvgIpc) is 2.25. The van der Waals surface area contributed by atoms with Crippen LogP contribution in [0.2, 0.25) is 0 Å². The summed E-state index contributed by atoms with van der Waals surface area (Å²) in [6, 6.07) is -0.266. The van der Waals surface area contributed by atoms with Crippen LogP contribution in [0.15, 0.2) is 0 Å². The number of aliphatic hydroxyl groups excluding tert-OH is 1. The van der Waals surface area contributed by atoms with Gasteiger partial charge in [0.25, 0.3) is 0 Å². The lowest BCUT2D eigenvalue weighted by Gasteiger charge is -2.27. The monoisotopic (exact) mass is 295 g/mol. The molecule has 6 nitrogen and oxygen atoms in total. The fourth-order valence-electron chi connectivity index (χ4n) is 1.20. The van der Waals surface area contributed by atoms with Crippen LogP contribution in [-0.2, 0) is 14.3 Å². The van der Waals surface area contributed by atoms with Crippen molar-refractivity contribution < 1.29 is 24.2 Å². The number of hydrogen-bond acceptors (Lipinski definition) is 5. The number of nitrogens with zero attached hydrogens (tertiary/aromatic N) is 1. The van der Waals surface area contributed by atoms with E-state index in [1.807, 2.05) is 0 Å². The predicted octanol–water partition coefficient (Wildman–Crippen LogP) is 1.59. The number of hydrogen-bond donors (Lipinski definition) is 1. The second-order valence-corrected chi connectivity index (χ2v) is 5.51. The van der Waals surface area contributed by atoms with Crippen LogP contribution in [0.5, 0.6) is 0 Å². The summed E-state index contributed by atoms with van der Waals surface area (Å²) in [6.07, 6.45) is -1.61. The van der Waals surface area contributed by atoms with Gasteiger partial charge in [-0.3, -0.25) is 4.79 Å². The third kappa shape index (κ3) is 7.22. The third-order valence-corrected chi connectivity index (χ3v) is 2.42. The zero-order chi connectivity index (χ0) is 15.2. The molecule has 0 aromatic carbocycles. The van der Waals surface area contributed by atoms with Crippen LogP contribution >= 0.6 is 11.6 Å². The molecule has 19 heavy (non-hydrogen) atoms. The molecule has 1 amide bonds. The highest BCUT2D eigenvalue weighted by atomic mass is 35.5. The molecular weight excluding hydrogens is 274 g/mol. The maximum Gasteiger partial charge on any atom is 0.410 e. The number of carbonyl (C=O) groups excluding carboxylic acids is 2. The summed E-state index contributed by atoms with van der Waals surface area (Å²) < 4.78 is 9.71. The SMILES string of the molecule is CC(C(=O)OCCl)C(O)CN(C)C(=O)OC(C)(C)C. The first kappa shape index (κ1) is 18.0. The normalized spacial score (nSPS) is 14.5. The smallest absolute Gasteiger partial charge is 0.410 e. The maximum atomic E-state index is 11.7. The second kappa shape index (κ2) is 7.55. The molecule has 0 aliphatic rings. The summed E-state index contributed by atoms with van der Waals surface area (Å²) in [7, 11) is 1.48. The molecule has 0 saturated carbocycles. The molecule has 0 aromatic heterocycles. The van der Waals surface area contributed by atoms with E-state index in [0.29, 0.717) is 0 Å². The van der Waals surface area contributed by atoms with Crippen LogP contribution in [0.25, 0.3) is 0 Å². The van der Waals surface area contributed by atoms with Gasteiger partial charge in [0.05, 0.1) is 18.6 Å². The Kier molecular flexibility index (Phi) is 7.15. The summed E-state index contributed by atoms with van der Waals surface area (Å²) >= 11 is 5.26. The van der Waals surface area contributed by atoms with Gasteiger partial charge in [-0.2, -0.15) is 0 Å². The van der Waals surface area contributed by atoms with Crippen LogP contribution in [0, 0.1) is 5.92 Å². The van der Waals surface area contributed by atoms with Crippen LogP contribution in [0.1, 0.15) is 27.7 Å². The first-order chi connectivity index (χ1) is 8.58. The molecule has 0 fully saturated rings. The number of aliphatic hydroxyl groups is 1. The Hall–Kier alpha value is -1.01. The Morgan fingerprint density at radius 2 is 1.89 bits per heavy atom. The number of ether oxygens (including phenoxy) is 2. The minimum absolute atomic E-state index is 0.0343. The number of alkyl halides is 1. The standard InChI is InChI=1S/C12H22ClNO5/c1-8(10(16)18-7-13)9(15)6-14(5)11(17)19-12(2,3)4/h8-9,15H,6-7H2,1-5H3. The van der Waals surface area contributed by atoms with E-state index in [4.69, 9.17) is 16.3 Å². The summed E-state index contributed by atoms with van der Waals surface area (Å²) in [5, 5.41) is 9.84. The van der Waals surface area contributed by atoms with E-state index < -0.39 is 29.7 Å². The van der Waals surface area contributed by atoms with Gasteiger partial charge in [0, 0.05) is 7.05 Å². The lowest BCUT2D eigenvalue weighted by molar-refractivity contribution is -0.149. The molecular formula is C12H22ClNO5. The molecule has 2 atom stereocenters. The van der Waals surface area contributed by atoms with Crippen LogP contribution in [0.3, 0.4) is 0 Å². The van der Waals surface area contributed by atoms with E-state index in [0.717, 1.165) is 0 Å². The van der Waals surface area contributed by atoms with Crippen molar-refractivity contribution in [3.05, 3.63) is 0 Å². The van der Waals surface area contributed by atoms with Crippen LogP contribution in [-0.4, -0.2) is 53.4 Å². The molecule has 0 rings (SSSR count). The van der Waals surface area contributed by atoms with E-state index in [1.54, 1.807) is 20.8 Å². The van der Waals surface area contributed by atoms with E-state index in [9.17, 15) is 14.7 Å². The van der Waals surface area contributed by atoms with E-state index >= 15 is 0 Å². The van der Waals surface area contributed by atoms with Gasteiger partial charge in [-0.1, -0.05) is 11.6 Å². The Labute approximate surface area is 118 Å². The molecule has 0 radical (unpaired) electrons. The van der Waals surface area contributed by atoms with Gasteiger partial charge in [0.2, 0.25) is 0 Å². The fraction of sp³-hybridized carbons (Fsp3) is 0.833. The van der Waals surface area contributed by atoms with Crippen molar-refractivity contribution in [2.24, 2.45) is 5.92 Å². The quantitative estimate of drug-likeness (QED) is 0.616. The van der Waals surface area contributed by atoms with Gasteiger partial charge in [0.15, 0.2) is 6.07 Å². The van der Waals surface area contributed by atoms with Gasteiger partial charge in [0.1, 0.15) is 5.60 Å². The Morgan fingerprint density at radius 1 is 1.37 bits per heavy atom. The van der Waals surface area contributed by atoms with Crippen molar-refractivity contribution in [1.82, 2.24) is 4.90 Å². The molecule has 0 aliphatic heterocycles. The Balaban J connectivity index is 4.35. The van der Waals surface area contributed by atoms with Crippen molar-refractivity contribution in [2.75, 3.05) is 19.7 Å². The number of carbonyl (C=O) groups is 2. The van der Waals surface area contributed by atoms with Crippen molar-refractivity contribution in [3.8, 4) is 0 Å². The lowest BCUT2D eigenvalue weighted by atomic mass is 10.1. The lowest BCUT2D eigenvalue weighted by Crippen LogP contribution is -2.42. The molecule has 112 valence electrons. The highest BCUT2D eigenvalue weighted by Crippen LogP contribution is 2.12. The summed E-state index contributed by atoms with van der Waals surface area (Å²) in [5.74, 6) is -1.39. The number of rotatable bonds is 5. The van der Waals surface area contributed by atoms with Gasteiger partial charge >= 0.3 is 12.1 Å². The molecule has 0 spiro atoms. The molecule has 0 saturated heterocycles. The van der Waals surface area contributed by atoms with Gasteiger partial charge < -0.3 is 19.5 Å². The molecule has 2 unspecified atom stereocenters. The molecule has 0 bridgehead atoms. The maximum absolute atomic E-state index is 11.7. The molecule has 0 aromatic rings. The predicted molar refractivity (Wildman–Crippen MR) is 70.8 cm³/mol. The first-order valence-electron chi connectivity index (χ1n) is 5.93. The largest absolute Gasteiger partial charge is 0.449 e. The minimum Gasteiger partial charge on any atom is -0.449 e. The highest BCUT2D eigenvalue weighted by molar-refractivity contribution is 6.17. The molecule has 1 N–H and O–H groups in total. The van der Waals surface area contributed by atoms with Gasteiger partial charge in [-0.25, -0.2) is 4.79 Å². The molecule has 0 heterocycles. The Morgan fingerprint density at radius 3 is 2.32 bits per heavy atom. The zero-order valence-electron chi connectivity index (χ0n) is 12.0. The first-order valence-corrected chi connectivity index (χ1v) is 6.46. The van der Waals surface area contributed by atoms with E-state index in [1.165, 1.54) is 18.9 Å². The van der Waals surface area contributed by atoms with Crippen molar-refractivity contribution >= 4 is 23.7 Å². The van der Waals surface area contributed by atoms with Crippen LogP contribution < -0.4 is 0 Å². The number of esters is 1. The summed E-state index contributed by atoms with van der Waals surface area (Å²) in [4.78, 5) is 24.2. The Bertz CT molecular complexity index is 316. The third-order valence-electron chi connectivity index (χ3n) is 2.31. The fourth-order valence-corrected chi connectivity index (χ4v) is 1.30. The topological polar surface area (TPSA) is 76.1 Å². The highest BCUT2D eigenvalue weighted by Gasteiger charge is 2.27. The van der Waals surface area contributed by atoms with Crippen molar-refractivity contribution in [2.45, 2.75) is 39.4 Å². The number of amides is 1. The molecule has 7 heteroatoms. The number of likely N-dealkylation sites (N-methyl/N-ethyl adjacent to an activating group) is 1. The molecule has 0 aliphatic carbocycles. The summed E-state index contributed by atoms with van der Waals surface area (Å²) in [6.45, 7) is 6.71. The second-order valence-electron chi connectivity index (χ2n) is 5.29. The zero-order valence-corrected chi connectivity index (χ0v) is 12.7. The number of halogens is 1. The summed E-state index contributed by atoms with van der Waals surface area (Å²) in [5.41, 5.74) is -0.612. The van der Waals surface area contributed by atoms with Gasteiger partial charge in [-0.05, 0) is 27.7 Å². The van der Waals surface area contributed by atoms with E-state index in [-0.39, 0.29) is 12.6 Å². The average molecular weight is 296 g/mol. The van der Waals surface area contributed by atoms with Crippen molar-refractivity contribution in [3.63, 3.8) is 0 Å². The van der Waals surface area contributed by atoms with Crippen molar-refractivity contribution in [1.29, 1.82) is 0 Å². The van der Waals surface area contributed by atoms with E-state index in [2.05, 4.69) is 4.74 Å². The van der Waals surface area contributed by atoms with Crippen LogP contribution in [0.4, 0.5) is 4.79 Å².